The summed E-state index contributed by atoms with van der Waals surface area (Å²) in [5.74, 6) is -3.98. The predicted octanol–water partition coefficient (Wildman–Crippen LogP) is 1.29. The molecule has 1 aromatic carbocycles. The number of esters is 1. The van der Waals surface area contributed by atoms with Crippen molar-refractivity contribution in [3.05, 3.63) is 48.6 Å². The van der Waals surface area contributed by atoms with Gasteiger partial charge in [0.25, 0.3) is 0 Å². The van der Waals surface area contributed by atoms with Crippen molar-refractivity contribution in [1.29, 1.82) is 0 Å². The van der Waals surface area contributed by atoms with E-state index in [1.807, 2.05) is 19.9 Å². The van der Waals surface area contributed by atoms with E-state index in [0.717, 1.165) is 12.7 Å². The van der Waals surface area contributed by atoms with Crippen LogP contribution in [-0.2, 0) is 40.0 Å². The van der Waals surface area contributed by atoms with Gasteiger partial charge in [-0.25, -0.2) is 14.4 Å². The van der Waals surface area contributed by atoms with E-state index >= 15 is 0 Å². The fraction of sp³-hybridized carbons (Fsp3) is 0.562. The number of alkyl carbamates (subject to hydrolysis) is 2. The molecular formula is C32H49N5O10. The summed E-state index contributed by atoms with van der Waals surface area (Å²) in [6.07, 6.45) is -1.06. The summed E-state index contributed by atoms with van der Waals surface area (Å²) in [6, 6.07) is 4.18. The zero-order chi connectivity index (χ0) is 35.5. The molecule has 15 heteroatoms. The molecule has 5 amide bonds. The molecule has 15 nitrogen and oxygen atoms in total. The number of nitrogens with one attached hydrogen (secondary N) is 5. The van der Waals surface area contributed by atoms with Gasteiger partial charge in [0.15, 0.2) is 6.10 Å². The number of aliphatic hydroxyl groups is 1. The van der Waals surface area contributed by atoms with E-state index in [9.17, 15) is 33.9 Å². The minimum atomic E-state index is -1.65. The van der Waals surface area contributed by atoms with Crippen LogP contribution in [0.5, 0.6) is 0 Å². The Hall–Kier alpha value is -4.66. The van der Waals surface area contributed by atoms with E-state index in [1.165, 1.54) is 13.0 Å². The first-order valence-corrected chi connectivity index (χ1v) is 15.4. The maximum atomic E-state index is 13.5. The number of methoxy groups -OCH3 is 1. The number of ether oxygens (including phenoxy) is 3. The van der Waals surface area contributed by atoms with Gasteiger partial charge in [-0.15, -0.1) is 0 Å². The van der Waals surface area contributed by atoms with Crippen LogP contribution in [0.2, 0.25) is 0 Å². The number of aliphatic hydroxyl groups excluding tert-OH is 1. The Balaban J connectivity index is 3.09. The van der Waals surface area contributed by atoms with Crippen LogP contribution >= 0.6 is 0 Å². The molecule has 1 rings (SSSR count). The minimum absolute atomic E-state index is 0.0300. The molecule has 1 aromatic rings. The lowest BCUT2D eigenvalue weighted by molar-refractivity contribution is -0.153. The first kappa shape index (κ1) is 40.4. The van der Waals surface area contributed by atoms with Crippen molar-refractivity contribution in [3.8, 4) is 0 Å². The number of amides is 5. The lowest BCUT2D eigenvalue weighted by Crippen LogP contribution is -2.61. The molecule has 0 aliphatic heterocycles. The zero-order valence-electron chi connectivity index (χ0n) is 27.9. The second kappa shape index (κ2) is 21.2. The summed E-state index contributed by atoms with van der Waals surface area (Å²) in [5, 5.41) is 22.9. The van der Waals surface area contributed by atoms with Gasteiger partial charge in [0.2, 0.25) is 17.7 Å². The van der Waals surface area contributed by atoms with Gasteiger partial charge in [-0.3, -0.25) is 14.4 Å². The Morgan fingerprint density at radius 2 is 1.47 bits per heavy atom. The van der Waals surface area contributed by atoms with Crippen LogP contribution in [0.1, 0.15) is 53.0 Å². The van der Waals surface area contributed by atoms with Gasteiger partial charge in [0.1, 0.15) is 31.3 Å². The summed E-state index contributed by atoms with van der Waals surface area (Å²) in [5.41, 5.74) is 0.742. The molecule has 0 bridgehead atoms. The lowest BCUT2D eigenvalue weighted by Gasteiger charge is -2.29. The number of carbonyl (C=O) groups excluding carboxylic acids is 6. The van der Waals surface area contributed by atoms with Gasteiger partial charge in [-0.05, 0) is 24.3 Å². The highest BCUT2D eigenvalue weighted by Gasteiger charge is 2.35. The molecular weight excluding hydrogens is 614 g/mol. The first-order valence-electron chi connectivity index (χ1n) is 15.4. The minimum Gasteiger partial charge on any atom is -0.467 e. The van der Waals surface area contributed by atoms with E-state index in [2.05, 4.69) is 37.9 Å². The Labute approximate surface area is 275 Å². The maximum absolute atomic E-state index is 13.5. The van der Waals surface area contributed by atoms with E-state index < -0.39 is 78.6 Å². The van der Waals surface area contributed by atoms with Crippen LogP contribution in [0, 0.1) is 11.8 Å². The fourth-order valence-electron chi connectivity index (χ4n) is 4.16. The molecule has 0 fully saturated rings. The molecule has 0 spiro atoms. The van der Waals surface area contributed by atoms with Crippen LogP contribution in [0.3, 0.4) is 0 Å². The predicted molar refractivity (Wildman–Crippen MR) is 171 cm³/mol. The second-order valence-electron chi connectivity index (χ2n) is 11.0. The first-order chi connectivity index (χ1) is 22.3. The average molecular weight is 664 g/mol. The number of rotatable bonds is 19. The molecule has 0 aliphatic carbocycles. The summed E-state index contributed by atoms with van der Waals surface area (Å²) >= 11 is 0. The highest BCUT2D eigenvalue weighted by Crippen LogP contribution is 2.13. The fourth-order valence-corrected chi connectivity index (χ4v) is 4.16. The molecule has 7 atom stereocenters. The second-order valence-corrected chi connectivity index (χ2v) is 11.0. The van der Waals surface area contributed by atoms with Crippen molar-refractivity contribution in [3.63, 3.8) is 0 Å². The average Bonchev–Trinajstić information content (AvgIpc) is 3.07. The lowest BCUT2D eigenvalue weighted by atomic mass is 9.94. The Morgan fingerprint density at radius 1 is 0.830 bits per heavy atom. The maximum Gasteiger partial charge on any atom is 0.408 e. The smallest absolute Gasteiger partial charge is 0.408 e. The highest BCUT2D eigenvalue weighted by molar-refractivity contribution is 5.94. The van der Waals surface area contributed by atoms with Crippen molar-refractivity contribution in [2.75, 3.05) is 20.3 Å². The third-order valence-electron chi connectivity index (χ3n) is 7.50. The number of hydrogen-bond acceptors (Lipinski definition) is 10. The Kier molecular flexibility index (Phi) is 18.2. The van der Waals surface area contributed by atoms with E-state index in [4.69, 9.17) is 9.47 Å². The third-order valence-corrected chi connectivity index (χ3v) is 7.50. The van der Waals surface area contributed by atoms with E-state index in [0.29, 0.717) is 12.8 Å². The Bertz CT molecular complexity index is 1200. The van der Waals surface area contributed by atoms with Crippen LogP contribution in [0.25, 0.3) is 0 Å². The largest absolute Gasteiger partial charge is 0.467 e. The number of hydrogen-bond donors (Lipinski definition) is 6. The number of carbonyl (C=O) groups is 6. The van der Waals surface area contributed by atoms with Gasteiger partial charge in [-0.2, -0.15) is 0 Å². The summed E-state index contributed by atoms with van der Waals surface area (Å²) in [4.78, 5) is 76.5. The van der Waals surface area contributed by atoms with Gasteiger partial charge in [0.05, 0.1) is 19.7 Å². The quantitative estimate of drug-likeness (QED) is 0.0710. The molecule has 262 valence electrons. The molecule has 0 saturated heterocycles. The molecule has 6 N–H and O–H groups in total. The summed E-state index contributed by atoms with van der Waals surface area (Å²) in [6.45, 7) is 11.3. The van der Waals surface area contributed by atoms with Crippen LogP contribution in [0.4, 0.5) is 9.59 Å². The van der Waals surface area contributed by atoms with Gasteiger partial charge < -0.3 is 45.9 Å². The molecule has 0 aromatic heterocycles. The zero-order valence-corrected chi connectivity index (χ0v) is 27.9. The third kappa shape index (κ3) is 14.1. The van der Waals surface area contributed by atoms with E-state index in [1.54, 1.807) is 38.1 Å². The van der Waals surface area contributed by atoms with Crippen molar-refractivity contribution in [1.82, 2.24) is 26.6 Å². The van der Waals surface area contributed by atoms with Crippen molar-refractivity contribution in [2.24, 2.45) is 11.8 Å². The number of benzene rings is 1. The van der Waals surface area contributed by atoms with Gasteiger partial charge in [0, 0.05) is 0 Å². The van der Waals surface area contributed by atoms with Crippen LogP contribution in [-0.4, -0.2) is 91.5 Å². The van der Waals surface area contributed by atoms with Crippen LogP contribution < -0.4 is 26.6 Å². The summed E-state index contributed by atoms with van der Waals surface area (Å²) < 4.78 is 14.7. The molecule has 0 heterocycles. The standard InChI is InChI=1S/C32H49N5O10/c1-8-16-46-31(43)33-17-23(28(40)34-21(6)27(39)36-24(19(4)9-2)26(38)30(42)45-7)35-29(41)25(20(5)10-3)37-32(44)47-18-22-14-12-11-13-15-22/h8,11-15,19-21,23-26,38H,1,9-10,16-18H2,2-7H3,(H,33,43)(H,34,40)(H,35,41)(H,36,39)(H,37,44)/t19-,20-,21-,23-,24-,25-,26?/m0/s1. The molecule has 47 heavy (non-hydrogen) atoms. The highest BCUT2D eigenvalue weighted by atomic mass is 16.6. The normalized spacial score (nSPS) is 15.1. The van der Waals surface area contributed by atoms with Gasteiger partial charge in [-0.1, -0.05) is 83.5 Å². The monoisotopic (exact) mass is 663 g/mol. The van der Waals surface area contributed by atoms with E-state index in [-0.39, 0.29) is 19.1 Å². The molecule has 0 aliphatic rings. The molecule has 0 saturated carbocycles. The topological polar surface area (TPSA) is 210 Å². The van der Waals surface area contributed by atoms with Gasteiger partial charge >= 0.3 is 18.2 Å². The van der Waals surface area contributed by atoms with Crippen LogP contribution in [0.15, 0.2) is 43.0 Å². The van der Waals surface area contributed by atoms with Crippen molar-refractivity contribution in [2.45, 2.75) is 84.3 Å². The molecule has 1 unspecified atom stereocenters. The van der Waals surface area contributed by atoms with Crippen molar-refractivity contribution < 1.29 is 48.1 Å². The Morgan fingerprint density at radius 3 is 2.04 bits per heavy atom. The molecule has 0 radical (unpaired) electrons. The SMILES string of the molecule is C=CCOC(=O)NC[C@H](NC(=O)[C@@H](NC(=O)OCc1ccccc1)[C@@H](C)CC)C(=O)N[C@@H](C)C(=O)N[C@H](C(O)C(=O)OC)[C@@H](C)CC. The van der Waals surface area contributed by atoms with Crippen molar-refractivity contribution >= 4 is 35.9 Å². The summed E-state index contributed by atoms with van der Waals surface area (Å²) in [7, 11) is 1.11.